The largest absolute Gasteiger partial charge is 0.377 e. The van der Waals surface area contributed by atoms with Crippen LogP contribution in [-0.2, 0) is 0 Å². The molecule has 4 aliphatic rings. The number of allylic oxidation sites excluding steroid dienone is 1. The van der Waals surface area contributed by atoms with E-state index in [2.05, 4.69) is 33.3 Å². The summed E-state index contributed by atoms with van der Waals surface area (Å²) in [5.41, 5.74) is 0.258. The molecule has 5 unspecified atom stereocenters. The van der Waals surface area contributed by atoms with Gasteiger partial charge in [0.1, 0.15) is 5.60 Å². The molecule has 0 aromatic carbocycles. The molecule has 4 rings (SSSR count). The van der Waals surface area contributed by atoms with Crippen LogP contribution in [0.15, 0.2) is 12.2 Å². The molecule has 9 atom stereocenters. The first-order valence-corrected chi connectivity index (χ1v) is 10.2. The van der Waals surface area contributed by atoms with Crippen LogP contribution in [0, 0.1) is 59.2 Å². The number of hydrogen-bond acceptors (Lipinski definition) is 1. The zero-order valence-electron chi connectivity index (χ0n) is 15.7. The summed E-state index contributed by atoms with van der Waals surface area (Å²) in [5, 5.41) is 11.4. The minimum Gasteiger partial charge on any atom is -0.377 e. The normalized spacial score (nSPS) is 56.8. The summed E-state index contributed by atoms with van der Waals surface area (Å²) in [6, 6.07) is 0. The summed E-state index contributed by atoms with van der Waals surface area (Å²) in [6.45, 7) is 11.5. The minimum atomic E-state index is -0.964. The third-order valence-corrected chi connectivity index (χ3v) is 8.94. The van der Waals surface area contributed by atoms with Crippen LogP contribution in [0.4, 0.5) is 0 Å². The third-order valence-electron chi connectivity index (χ3n) is 8.94. The van der Waals surface area contributed by atoms with E-state index in [9.17, 15) is 5.11 Å². The highest BCUT2D eigenvalue weighted by Crippen LogP contribution is 2.68. The average molecular weight is 327 g/mol. The molecule has 1 N–H and O–H groups in total. The van der Waals surface area contributed by atoms with Gasteiger partial charge in [-0.3, -0.25) is 0 Å². The smallest absolute Gasteiger partial charge is 0.133 e. The van der Waals surface area contributed by atoms with E-state index in [1.165, 1.54) is 37.7 Å². The van der Waals surface area contributed by atoms with Crippen molar-refractivity contribution in [1.82, 2.24) is 0 Å². The Bertz CT molecular complexity index is 585. The molecule has 0 aromatic rings. The van der Waals surface area contributed by atoms with Crippen molar-refractivity contribution in [2.75, 3.05) is 0 Å². The van der Waals surface area contributed by atoms with Crippen molar-refractivity contribution in [3.63, 3.8) is 0 Å². The van der Waals surface area contributed by atoms with Crippen LogP contribution in [0.1, 0.15) is 65.7 Å². The first-order valence-electron chi connectivity index (χ1n) is 10.2. The Balaban J connectivity index is 1.76. The number of terminal acetylenes is 1. The fraction of sp³-hybridized carbons (Fsp3) is 0.826. The van der Waals surface area contributed by atoms with Crippen LogP contribution in [0.3, 0.4) is 0 Å². The lowest BCUT2D eigenvalue weighted by Crippen LogP contribution is -2.56. The lowest BCUT2D eigenvalue weighted by molar-refractivity contribution is -0.103. The van der Waals surface area contributed by atoms with E-state index in [0.717, 1.165) is 30.6 Å². The number of hydrogen-bond donors (Lipinski definition) is 1. The predicted octanol–water partition coefficient (Wildman–Crippen LogP) is 5.05. The molecule has 0 amide bonds. The van der Waals surface area contributed by atoms with E-state index < -0.39 is 5.60 Å². The maximum Gasteiger partial charge on any atom is 0.133 e. The van der Waals surface area contributed by atoms with Crippen molar-refractivity contribution < 1.29 is 5.11 Å². The number of rotatable bonds is 0. The van der Waals surface area contributed by atoms with Crippen LogP contribution < -0.4 is 0 Å². The Morgan fingerprint density at radius 2 is 1.92 bits per heavy atom. The molecule has 0 radical (unpaired) electrons. The fourth-order valence-electron chi connectivity index (χ4n) is 7.90. The van der Waals surface area contributed by atoms with Gasteiger partial charge in [0, 0.05) is 5.41 Å². The topological polar surface area (TPSA) is 20.2 Å². The van der Waals surface area contributed by atoms with Gasteiger partial charge in [0.2, 0.25) is 0 Å². The monoisotopic (exact) mass is 326 g/mol. The Labute approximate surface area is 148 Å². The van der Waals surface area contributed by atoms with Gasteiger partial charge < -0.3 is 5.11 Å². The van der Waals surface area contributed by atoms with Gasteiger partial charge in [-0.1, -0.05) is 58.1 Å². The molecule has 0 saturated heterocycles. The van der Waals surface area contributed by atoms with E-state index in [-0.39, 0.29) is 11.3 Å². The van der Waals surface area contributed by atoms with Crippen LogP contribution >= 0.6 is 0 Å². The lowest BCUT2D eigenvalue weighted by Gasteiger charge is -2.59. The van der Waals surface area contributed by atoms with E-state index in [4.69, 9.17) is 6.42 Å². The molecule has 0 aromatic heterocycles. The molecule has 24 heavy (non-hydrogen) atoms. The fourth-order valence-corrected chi connectivity index (χ4v) is 7.90. The second kappa shape index (κ2) is 5.38. The van der Waals surface area contributed by atoms with Gasteiger partial charge in [0.25, 0.3) is 0 Å². The first kappa shape index (κ1) is 16.7. The summed E-state index contributed by atoms with van der Waals surface area (Å²) < 4.78 is 0. The van der Waals surface area contributed by atoms with Gasteiger partial charge >= 0.3 is 0 Å². The summed E-state index contributed by atoms with van der Waals surface area (Å²) >= 11 is 0. The van der Waals surface area contributed by atoms with Crippen molar-refractivity contribution in [2.24, 2.45) is 46.8 Å². The van der Waals surface area contributed by atoms with Crippen molar-refractivity contribution in [3.05, 3.63) is 12.2 Å². The zero-order chi connectivity index (χ0) is 17.3. The maximum atomic E-state index is 11.4. The van der Waals surface area contributed by atoms with Gasteiger partial charge in [-0.05, 0) is 67.1 Å². The molecule has 1 heteroatoms. The summed E-state index contributed by atoms with van der Waals surface area (Å²) in [4.78, 5) is 0. The van der Waals surface area contributed by atoms with Gasteiger partial charge in [-0.25, -0.2) is 0 Å². The average Bonchev–Trinajstić information content (AvgIpc) is 2.75. The van der Waals surface area contributed by atoms with Crippen LogP contribution in [0.5, 0.6) is 0 Å². The molecule has 4 saturated carbocycles. The Morgan fingerprint density at radius 1 is 1.21 bits per heavy atom. The van der Waals surface area contributed by atoms with E-state index >= 15 is 0 Å². The number of fused-ring (bicyclic) bond motifs is 5. The molecule has 0 heterocycles. The van der Waals surface area contributed by atoms with Crippen molar-refractivity contribution >= 4 is 0 Å². The predicted molar refractivity (Wildman–Crippen MR) is 99.1 cm³/mol. The highest BCUT2D eigenvalue weighted by molar-refractivity contribution is 5.31. The quantitative estimate of drug-likeness (QED) is 0.488. The summed E-state index contributed by atoms with van der Waals surface area (Å²) in [6.07, 6.45) is 14.9. The summed E-state index contributed by atoms with van der Waals surface area (Å²) in [7, 11) is 0. The van der Waals surface area contributed by atoms with Gasteiger partial charge in [0.15, 0.2) is 0 Å². The van der Waals surface area contributed by atoms with E-state index in [1.807, 2.05) is 0 Å². The number of aliphatic hydroxyl groups is 1. The molecule has 4 aliphatic carbocycles. The Kier molecular flexibility index (Phi) is 3.74. The second-order valence-electron chi connectivity index (χ2n) is 9.93. The maximum absolute atomic E-state index is 11.4. The van der Waals surface area contributed by atoms with Crippen molar-refractivity contribution in [1.29, 1.82) is 0 Å². The molecule has 0 aliphatic heterocycles. The second-order valence-corrected chi connectivity index (χ2v) is 9.93. The Morgan fingerprint density at radius 3 is 2.62 bits per heavy atom. The molecule has 132 valence electrons. The highest BCUT2D eigenvalue weighted by atomic mass is 16.3. The third kappa shape index (κ3) is 1.93. The molecule has 4 fully saturated rings. The minimum absolute atomic E-state index is 0.185. The highest BCUT2D eigenvalue weighted by Gasteiger charge is 2.66. The Hall–Kier alpha value is -0.740. The molecule has 0 spiro atoms. The summed E-state index contributed by atoms with van der Waals surface area (Å²) in [5.74, 6) is 7.46. The molecule has 0 bridgehead atoms. The van der Waals surface area contributed by atoms with Crippen LogP contribution in [0.2, 0.25) is 0 Å². The molecular weight excluding hydrogens is 292 g/mol. The van der Waals surface area contributed by atoms with E-state index in [1.54, 1.807) is 0 Å². The van der Waals surface area contributed by atoms with Crippen LogP contribution in [-0.4, -0.2) is 10.7 Å². The van der Waals surface area contributed by atoms with Gasteiger partial charge in [-0.15, -0.1) is 6.42 Å². The van der Waals surface area contributed by atoms with Gasteiger partial charge in [-0.2, -0.15) is 0 Å². The molecular formula is C23H34O. The SMILES string of the molecule is C#C[C@]1(O)[C@H](C)CC2C3C(C(=C)C[C@@]21C)C1CCCCC1C[C@H]3C. The first-order chi connectivity index (χ1) is 11.3. The van der Waals surface area contributed by atoms with Gasteiger partial charge in [0.05, 0.1) is 0 Å². The zero-order valence-corrected chi connectivity index (χ0v) is 15.7. The van der Waals surface area contributed by atoms with E-state index in [0.29, 0.717) is 17.8 Å². The lowest BCUT2D eigenvalue weighted by atomic mass is 9.46. The van der Waals surface area contributed by atoms with Crippen LogP contribution in [0.25, 0.3) is 0 Å². The standard InChI is InChI=1S/C23H34O/c1-6-23(24)16(4)12-19-21-14(2)11-17-9-7-8-10-18(17)20(21)15(3)13-22(19,23)5/h1,14,16-21,24H,3,7-13H2,2,4-5H3/t14-,16-,17?,18?,19?,20?,21?,22+,23+/m1/s1. The molecule has 1 nitrogen and oxygen atoms in total. The van der Waals surface area contributed by atoms with Crippen molar-refractivity contribution in [3.8, 4) is 12.3 Å². The van der Waals surface area contributed by atoms with Crippen molar-refractivity contribution in [2.45, 2.75) is 71.3 Å².